The summed E-state index contributed by atoms with van der Waals surface area (Å²) in [6, 6.07) is 11.6. The Balaban J connectivity index is 1.05. The maximum atomic E-state index is 14.4. The van der Waals surface area contributed by atoms with E-state index in [1.165, 1.54) is 18.5 Å². The van der Waals surface area contributed by atoms with Crippen LogP contribution in [0.25, 0.3) is 22.3 Å². The van der Waals surface area contributed by atoms with Crippen molar-refractivity contribution >= 4 is 22.9 Å². The number of likely N-dealkylation sites (tertiary alicyclic amines) is 1. The first-order valence-corrected chi connectivity index (χ1v) is 15.4. The van der Waals surface area contributed by atoms with Crippen LogP contribution < -0.4 is 15.2 Å². The molecule has 3 aromatic heterocycles. The number of anilines is 1. The predicted molar refractivity (Wildman–Crippen MR) is 171 cm³/mol. The molecule has 47 heavy (non-hydrogen) atoms. The van der Waals surface area contributed by atoms with Gasteiger partial charge in [0.05, 0.1) is 11.4 Å². The normalized spacial score (nSPS) is 15.7. The van der Waals surface area contributed by atoms with Crippen molar-refractivity contribution in [2.45, 2.75) is 58.8 Å². The maximum Gasteiger partial charge on any atom is 0.410 e. The van der Waals surface area contributed by atoms with Gasteiger partial charge in [-0.05, 0) is 64.8 Å². The van der Waals surface area contributed by atoms with Gasteiger partial charge < -0.3 is 24.8 Å². The molecule has 2 N–H and O–H groups in total. The minimum Gasteiger partial charge on any atom is -0.489 e. The number of aryl methyl sites for hydroxylation is 1. The Kier molecular flexibility index (Phi) is 7.41. The van der Waals surface area contributed by atoms with E-state index in [4.69, 9.17) is 25.0 Å². The minimum atomic E-state index is -0.521. The fraction of sp³-hybridized carbons (Fsp3) is 0.353. The number of hydrogen-bond acceptors (Lipinski definition) is 10. The quantitative estimate of drug-likeness (QED) is 0.217. The van der Waals surface area contributed by atoms with Gasteiger partial charge in [-0.25, -0.2) is 33.8 Å². The molecule has 1 saturated carbocycles. The molecule has 2 fully saturated rings. The van der Waals surface area contributed by atoms with Gasteiger partial charge in [-0.15, -0.1) is 0 Å². The second-order valence-electron chi connectivity index (χ2n) is 13.3. The summed E-state index contributed by atoms with van der Waals surface area (Å²) < 4.78 is 33.6. The molecule has 0 atom stereocenters. The van der Waals surface area contributed by atoms with Crippen LogP contribution in [0.3, 0.4) is 0 Å². The van der Waals surface area contributed by atoms with Gasteiger partial charge in [0.25, 0.3) is 0 Å². The standard InChI is InChI=1S/C34H35FN8O4/c1-20-37-14-21(15-38-20)16-45-26-9-23(35)10-27(11-26)46-25-7-5-22(6-8-25)29-28-30(36)39-19-40-31(28)43(41-29)24-12-34(13-24)17-42(18-34)32(44)47-33(2,3)4/h5-11,14-15,19,24H,12-13,16-18H2,1-4H3,(H2,36,39,40). The summed E-state index contributed by atoms with van der Waals surface area (Å²) in [4.78, 5) is 31.3. The van der Waals surface area contributed by atoms with Crippen LogP contribution in [0, 0.1) is 18.2 Å². The van der Waals surface area contributed by atoms with Crippen LogP contribution in [0.5, 0.6) is 17.2 Å². The number of halogens is 1. The molecule has 1 aliphatic heterocycles. The van der Waals surface area contributed by atoms with Gasteiger partial charge in [0.2, 0.25) is 0 Å². The molecule has 1 amide bonds. The minimum absolute atomic E-state index is 0.0640. The number of rotatable bonds is 7. The van der Waals surface area contributed by atoms with Gasteiger partial charge in [-0.1, -0.05) is 0 Å². The third-order valence-electron chi connectivity index (χ3n) is 8.35. The number of nitrogens with zero attached hydrogens (tertiary/aromatic N) is 7. The summed E-state index contributed by atoms with van der Waals surface area (Å²) in [5, 5.41) is 5.65. The van der Waals surface area contributed by atoms with Crippen LogP contribution in [0.4, 0.5) is 15.0 Å². The molecule has 1 spiro atoms. The molecule has 2 aliphatic rings. The van der Waals surface area contributed by atoms with E-state index >= 15 is 0 Å². The molecule has 1 saturated heterocycles. The molecule has 0 unspecified atom stereocenters. The van der Waals surface area contributed by atoms with Gasteiger partial charge in [-0.2, -0.15) is 5.10 Å². The number of carbonyl (C=O) groups is 1. The lowest BCUT2D eigenvalue weighted by Gasteiger charge is -2.58. The number of carbonyl (C=O) groups excluding carboxylic acids is 1. The van der Waals surface area contributed by atoms with E-state index in [2.05, 4.69) is 19.9 Å². The Bertz CT molecular complexity index is 1940. The zero-order chi connectivity index (χ0) is 32.9. The second kappa shape index (κ2) is 11.5. The average molecular weight is 639 g/mol. The molecule has 12 nitrogen and oxygen atoms in total. The van der Waals surface area contributed by atoms with Crippen LogP contribution in [-0.4, -0.2) is 59.4 Å². The fourth-order valence-corrected chi connectivity index (χ4v) is 6.20. The molecule has 0 radical (unpaired) electrons. The van der Waals surface area contributed by atoms with Crippen molar-refractivity contribution in [1.29, 1.82) is 0 Å². The van der Waals surface area contributed by atoms with Gasteiger partial charge >= 0.3 is 6.09 Å². The van der Waals surface area contributed by atoms with Gasteiger partial charge in [-0.3, -0.25) is 0 Å². The smallest absolute Gasteiger partial charge is 0.410 e. The maximum absolute atomic E-state index is 14.4. The highest BCUT2D eigenvalue weighted by molar-refractivity contribution is 5.98. The largest absolute Gasteiger partial charge is 0.489 e. The molecule has 2 aromatic carbocycles. The molecular formula is C34H35FN8O4. The predicted octanol–water partition coefficient (Wildman–Crippen LogP) is 6.26. The van der Waals surface area contributed by atoms with E-state index in [9.17, 15) is 9.18 Å². The molecule has 0 bridgehead atoms. The molecule has 13 heteroatoms. The zero-order valence-corrected chi connectivity index (χ0v) is 26.6. The van der Waals surface area contributed by atoms with Crippen molar-refractivity contribution in [3.05, 3.63) is 78.4 Å². The number of nitrogen functional groups attached to an aromatic ring is 1. The molecule has 7 rings (SSSR count). The Morgan fingerprint density at radius 3 is 2.40 bits per heavy atom. The topological polar surface area (TPSA) is 143 Å². The van der Waals surface area contributed by atoms with Crippen molar-refractivity contribution in [1.82, 2.24) is 34.6 Å². The van der Waals surface area contributed by atoms with Crippen molar-refractivity contribution in [2.75, 3.05) is 18.8 Å². The molecule has 1 aliphatic carbocycles. The van der Waals surface area contributed by atoms with Gasteiger partial charge in [0.1, 0.15) is 58.9 Å². The zero-order valence-electron chi connectivity index (χ0n) is 26.6. The Hall–Kier alpha value is -5.33. The van der Waals surface area contributed by atoms with E-state index in [0.717, 1.165) is 24.0 Å². The SMILES string of the molecule is Cc1ncc(COc2cc(F)cc(Oc3ccc(-c4nn(C5CC6(C5)CN(C(=O)OC(C)(C)C)C6)c5ncnc(N)c45)cc3)c2)cn1. The molecular weight excluding hydrogens is 603 g/mol. The monoisotopic (exact) mass is 638 g/mol. The van der Waals surface area contributed by atoms with Gasteiger partial charge in [0, 0.05) is 60.2 Å². The Morgan fingerprint density at radius 2 is 1.70 bits per heavy atom. The number of hydrogen-bond donors (Lipinski definition) is 1. The summed E-state index contributed by atoms with van der Waals surface area (Å²) in [7, 11) is 0. The summed E-state index contributed by atoms with van der Waals surface area (Å²) in [6.07, 6.45) is 6.26. The number of benzene rings is 2. The van der Waals surface area contributed by atoms with Crippen LogP contribution in [-0.2, 0) is 11.3 Å². The van der Waals surface area contributed by atoms with Gasteiger partial charge in [0.15, 0.2) is 5.65 Å². The van der Waals surface area contributed by atoms with E-state index in [-0.39, 0.29) is 24.2 Å². The fourth-order valence-electron chi connectivity index (χ4n) is 6.20. The summed E-state index contributed by atoms with van der Waals surface area (Å²) in [5.74, 6) is 1.64. The van der Waals surface area contributed by atoms with E-state index < -0.39 is 11.4 Å². The highest BCUT2D eigenvalue weighted by Crippen LogP contribution is 2.55. The first kappa shape index (κ1) is 30.3. The van der Waals surface area contributed by atoms with E-state index in [0.29, 0.717) is 58.7 Å². The molecule has 5 aromatic rings. The number of amides is 1. The second-order valence-corrected chi connectivity index (χ2v) is 13.3. The number of nitrogens with two attached hydrogens (primary N) is 1. The van der Waals surface area contributed by atoms with E-state index in [1.807, 2.05) is 37.6 Å². The Morgan fingerprint density at radius 1 is 1.00 bits per heavy atom. The highest BCUT2D eigenvalue weighted by atomic mass is 19.1. The third kappa shape index (κ3) is 6.25. The van der Waals surface area contributed by atoms with Crippen molar-refractivity contribution in [3.8, 4) is 28.5 Å². The number of fused-ring (bicyclic) bond motifs is 1. The van der Waals surface area contributed by atoms with Crippen LogP contribution in [0.15, 0.2) is 61.2 Å². The lowest BCUT2D eigenvalue weighted by molar-refractivity contribution is -0.0920. The summed E-state index contributed by atoms with van der Waals surface area (Å²) >= 11 is 0. The lowest BCUT2D eigenvalue weighted by Crippen LogP contribution is -2.64. The van der Waals surface area contributed by atoms with Crippen molar-refractivity contribution in [3.63, 3.8) is 0 Å². The first-order chi connectivity index (χ1) is 22.4. The summed E-state index contributed by atoms with van der Waals surface area (Å²) in [5.41, 5.74) is 8.79. The Labute approximate surface area is 270 Å². The van der Waals surface area contributed by atoms with E-state index in [1.54, 1.807) is 42.4 Å². The molecule has 242 valence electrons. The highest BCUT2D eigenvalue weighted by Gasteiger charge is 2.55. The van der Waals surface area contributed by atoms with Crippen LogP contribution in [0.2, 0.25) is 0 Å². The van der Waals surface area contributed by atoms with Crippen molar-refractivity contribution < 1.29 is 23.4 Å². The first-order valence-electron chi connectivity index (χ1n) is 15.4. The molecule has 4 heterocycles. The average Bonchev–Trinajstić information content (AvgIpc) is 3.35. The summed E-state index contributed by atoms with van der Waals surface area (Å²) in [6.45, 7) is 8.94. The lowest BCUT2D eigenvalue weighted by atomic mass is 9.61. The van der Waals surface area contributed by atoms with Crippen molar-refractivity contribution in [2.24, 2.45) is 5.41 Å². The number of aromatic nitrogens is 6. The van der Waals surface area contributed by atoms with Crippen LogP contribution in [0.1, 0.15) is 51.0 Å². The van der Waals surface area contributed by atoms with Crippen LogP contribution >= 0.6 is 0 Å². The third-order valence-corrected chi connectivity index (χ3v) is 8.35. The number of ether oxygens (including phenoxy) is 3.